The number of ether oxygens (including phenoxy) is 2. The van der Waals surface area contributed by atoms with Crippen molar-refractivity contribution >= 4 is 5.97 Å². The highest BCUT2D eigenvalue weighted by atomic mass is 19.4. The second-order valence-electron chi connectivity index (χ2n) is 5.07. The monoisotopic (exact) mass is 297 g/mol. The van der Waals surface area contributed by atoms with Gasteiger partial charge in [0.15, 0.2) is 0 Å². The normalized spacial score (nSPS) is 26.8. The summed E-state index contributed by atoms with van der Waals surface area (Å²) in [4.78, 5) is 11.9. The van der Waals surface area contributed by atoms with E-state index in [2.05, 4.69) is 5.32 Å². The van der Waals surface area contributed by atoms with Crippen molar-refractivity contribution in [3.05, 3.63) is 0 Å². The van der Waals surface area contributed by atoms with Crippen LogP contribution in [0.15, 0.2) is 0 Å². The van der Waals surface area contributed by atoms with E-state index in [9.17, 15) is 18.0 Å². The number of carbonyl (C=O) groups is 1. The van der Waals surface area contributed by atoms with Gasteiger partial charge in [0, 0.05) is 6.61 Å². The van der Waals surface area contributed by atoms with Crippen molar-refractivity contribution in [1.29, 1.82) is 0 Å². The zero-order valence-electron chi connectivity index (χ0n) is 11.9. The molecule has 1 fully saturated rings. The summed E-state index contributed by atoms with van der Waals surface area (Å²) in [6.07, 6.45) is -2.15. The van der Waals surface area contributed by atoms with Gasteiger partial charge in [-0.05, 0) is 32.2 Å². The number of hydrogen-bond acceptors (Lipinski definition) is 4. The third-order valence-corrected chi connectivity index (χ3v) is 3.96. The van der Waals surface area contributed by atoms with Crippen molar-refractivity contribution in [1.82, 2.24) is 5.32 Å². The van der Waals surface area contributed by atoms with E-state index in [4.69, 9.17) is 9.47 Å². The molecule has 1 N–H and O–H groups in total. The van der Waals surface area contributed by atoms with E-state index in [1.807, 2.05) is 0 Å². The zero-order valence-corrected chi connectivity index (χ0v) is 11.9. The Hall–Kier alpha value is -0.820. The fourth-order valence-electron chi connectivity index (χ4n) is 2.87. The second-order valence-corrected chi connectivity index (χ2v) is 5.07. The molecule has 0 heterocycles. The summed E-state index contributed by atoms with van der Waals surface area (Å²) < 4.78 is 45.7. The molecule has 118 valence electrons. The van der Waals surface area contributed by atoms with Crippen molar-refractivity contribution in [3.8, 4) is 0 Å². The van der Waals surface area contributed by atoms with E-state index in [0.29, 0.717) is 12.8 Å². The first kappa shape index (κ1) is 17.2. The number of likely N-dealkylation sites (N-methyl/N-ethyl adjacent to an activating group) is 1. The Morgan fingerprint density at radius 3 is 2.65 bits per heavy atom. The van der Waals surface area contributed by atoms with Crippen LogP contribution in [0.3, 0.4) is 0 Å². The van der Waals surface area contributed by atoms with Crippen molar-refractivity contribution in [2.24, 2.45) is 5.92 Å². The molecule has 0 aliphatic heterocycles. The SMILES string of the molecule is CNC1(C(=O)OC)CCCC1CCOCCC(F)(F)F. The molecule has 0 aromatic rings. The van der Waals surface area contributed by atoms with Crippen molar-refractivity contribution in [2.45, 2.75) is 43.8 Å². The van der Waals surface area contributed by atoms with Crippen LogP contribution in [0, 0.1) is 5.92 Å². The Labute approximate surface area is 117 Å². The van der Waals surface area contributed by atoms with Crippen LogP contribution in [0.1, 0.15) is 32.1 Å². The molecule has 1 rings (SSSR count). The van der Waals surface area contributed by atoms with Gasteiger partial charge in [-0.3, -0.25) is 4.79 Å². The molecule has 0 radical (unpaired) electrons. The third-order valence-electron chi connectivity index (χ3n) is 3.96. The topological polar surface area (TPSA) is 47.6 Å². The van der Waals surface area contributed by atoms with Gasteiger partial charge in [-0.2, -0.15) is 13.2 Å². The van der Waals surface area contributed by atoms with Crippen LogP contribution in [-0.2, 0) is 14.3 Å². The first-order valence-corrected chi connectivity index (χ1v) is 6.77. The minimum atomic E-state index is -4.19. The first-order valence-electron chi connectivity index (χ1n) is 6.77. The van der Waals surface area contributed by atoms with Crippen LogP contribution >= 0.6 is 0 Å². The standard InChI is InChI=1S/C13H22F3NO3/c1-17-12(11(18)19-2)6-3-4-10(12)5-8-20-9-7-13(14,15)16/h10,17H,3-9H2,1-2H3. The van der Waals surface area contributed by atoms with Crippen LogP contribution in [0.2, 0.25) is 0 Å². The molecule has 0 aromatic heterocycles. The summed E-state index contributed by atoms with van der Waals surface area (Å²) in [6.45, 7) is -0.109. The summed E-state index contributed by atoms with van der Waals surface area (Å²) in [6, 6.07) is 0. The maximum absolute atomic E-state index is 12.0. The van der Waals surface area contributed by atoms with Gasteiger partial charge in [-0.25, -0.2) is 0 Å². The molecule has 4 nitrogen and oxygen atoms in total. The van der Waals surface area contributed by atoms with Gasteiger partial charge in [0.05, 0.1) is 20.1 Å². The molecule has 2 atom stereocenters. The predicted octanol–water partition coefficient (Wildman–Crippen LogP) is 2.28. The van der Waals surface area contributed by atoms with Gasteiger partial charge in [-0.15, -0.1) is 0 Å². The van der Waals surface area contributed by atoms with Crippen LogP contribution in [0.25, 0.3) is 0 Å². The number of esters is 1. The highest BCUT2D eigenvalue weighted by molar-refractivity contribution is 5.81. The lowest BCUT2D eigenvalue weighted by Crippen LogP contribution is -2.54. The largest absolute Gasteiger partial charge is 0.468 e. The molecule has 1 aliphatic carbocycles. The van der Waals surface area contributed by atoms with Crippen molar-refractivity contribution in [3.63, 3.8) is 0 Å². The molecule has 7 heteroatoms. The zero-order chi connectivity index (χ0) is 15.2. The number of carbonyl (C=O) groups excluding carboxylic acids is 1. The molecular weight excluding hydrogens is 275 g/mol. The molecule has 0 amide bonds. The molecule has 1 aliphatic rings. The molecule has 2 unspecified atom stereocenters. The minimum absolute atomic E-state index is 0.0332. The fraction of sp³-hybridized carbons (Fsp3) is 0.923. The van der Waals surface area contributed by atoms with E-state index in [-0.39, 0.29) is 25.1 Å². The van der Waals surface area contributed by atoms with Crippen LogP contribution in [0.4, 0.5) is 13.2 Å². The van der Waals surface area contributed by atoms with E-state index < -0.39 is 18.1 Å². The Morgan fingerprint density at radius 2 is 2.10 bits per heavy atom. The number of hydrogen-bond donors (Lipinski definition) is 1. The van der Waals surface area contributed by atoms with Gasteiger partial charge >= 0.3 is 12.1 Å². The van der Waals surface area contributed by atoms with E-state index >= 15 is 0 Å². The lowest BCUT2D eigenvalue weighted by molar-refractivity contribution is -0.150. The predicted molar refractivity (Wildman–Crippen MR) is 67.3 cm³/mol. The van der Waals surface area contributed by atoms with Gasteiger partial charge in [0.2, 0.25) is 0 Å². The number of halogens is 3. The summed E-state index contributed by atoms with van der Waals surface area (Å²) in [5.41, 5.74) is -0.720. The molecule has 0 spiro atoms. The van der Waals surface area contributed by atoms with Gasteiger partial charge in [-0.1, -0.05) is 6.42 Å². The maximum atomic E-state index is 12.0. The molecule has 0 saturated heterocycles. The molecular formula is C13H22F3NO3. The van der Waals surface area contributed by atoms with E-state index in [1.165, 1.54) is 7.11 Å². The van der Waals surface area contributed by atoms with E-state index in [1.54, 1.807) is 7.05 Å². The van der Waals surface area contributed by atoms with Gasteiger partial charge < -0.3 is 14.8 Å². The lowest BCUT2D eigenvalue weighted by Gasteiger charge is -2.32. The number of methoxy groups -OCH3 is 1. The first-order chi connectivity index (χ1) is 9.35. The third kappa shape index (κ3) is 4.34. The maximum Gasteiger partial charge on any atom is 0.391 e. The van der Waals surface area contributed by atoms with Gasteiger partial charge in [0.25, 0.3) is 0 Å². The lowest BCUT2D eigenvalue weighted by atomic mass is 9.85. The van der Waals surface area contributed by atoms with Crippen LogP contribution in [0.5, 0.6) is 0 Å². The minimum Gasteiger partial charge on any atom is -0.468 e. The molecule has 20 heavy (non-hydrogen) atoms. The fourth-order valence-corrected chi connectivity index (χ4v) is 2.87. The van der Waals surface area contributed by atoms with E-state index in [0.717, 1.165) is 12.8 Å². The Balaban J connectivity index is 2.40. The average Bonchev–Trinajstić information content (AvgIpc) is 2.80. The highest BCUT2D eigenvalue weighted by Gasteiger charge is 2.48. The number of nitrogens with one attached hydrogen (secondary N) is 1. The molecule has 0 bridgehead atoms. The van der Waals surface area contributed by atoms with Crippen LogP contribution < -0.4 is 5.32 Å². The van der Waals surface area contributed by atoms with Crippen LogP contribution in [-0.4, -0.2) is 45.1 Å². The smallest absolute Gasteiger partial charge is 0.391 e. The molecule has 1 saturated carbocycles. The van der Waals surface area contributed by atoms with Crippen molar-refractivity contribution in [2.75, 3.05) is 27.4 Å². The summed E-state index contributed by atoms with van der Waals surface area (Å²) in [5, 5.41) is 3.03. The Morgan fingerprint density at radius 1 is 1.40 bits per heavy atom. The second kappa shape index (κ2) is 7.26. The highest BCUT2D eigenvalue weighted by Crippen LogP contribution is 2.38. The summed E-state index contributed by atoms with van der Waals surface area (Å²) in [7, 11) is 3.05. The number of rotatable bonds is 7. The summed E-state index contributed by atoms with van der Waals surface area (Å²) >= 11 is 0. The van der Waals surface area contributed by atoms with Gasteiger partial charge in [0.1, 0.15) is 5.54 Å². The Bertz CT molecular complexity index is 322. The molecule has 0 aromatic carbocycles. The quantitative estimate of drug-likeness (QED) is 0.578. The number of alkyl halides is 3. The van der Waals surface area contributed by atoms with Crippen molar-refractivity contribution < 1.29 is 27.4 Å². The summed E-state index contributed by atoms with van der Waals surface area (Å²) in [5.74, 6) is -0.274. The average molecular weight is 297 g/mol. The Kier molecular flexibility index (Phi) is 6.26.